The van der Waals surface area contributed by atoms with Crippen LogP contribution in [0.5, 0.6) is 0 Å². The van der Waals surface area contributed by atoms with Gasteiger partial charge in [0, 0.05) is 30.6 Å². The summed E-state index contributed by atoms with van der Waals surface area (Å²) in [6.07, 6.45) is 5.85. The van der Waals surface area contributed by atoms with Crippen molar-refractivity contribution in [2.24, 2.45) is 0 Å². The minimum Gasteiger partial charge on any atom is -0.351 e. The number of hydrogen-bond acceptors (Lipinski definition) is 7. The van der Waals surface area contributed by atoms with Crippen molar-refractivity contribution >= 4 is 38.4 Å². The standard InChI is InChI=1S/C17H18N6O3S/c1-27(25,26)14-5-2-12(3-6-14)21-17-18-8-11-9-19-23(16(11)22-17)10-13-4-7-15(24)20-13/h2-3,5-6,8-9,13H,4,7,10H2,1H3,(H,20,24)(H,18,21,22)/t13-/m0/s1. The van der Waals surface area contributed by atoms with Crippen molar-refractivity contribution in [3.63, 3.8) is 0 Å². The summed E-state index contributed by atoms with van der Waals surface area (Å²) in [5.41, 5.74) is 1.34. The molecule has 140 valence electrons. The van der Waals surface area contributed by atoms with Gasteiger partial charge in [-0.15, -0.1) is 0 Å². The number of aromatic nitrogens is 4. The van der Waals surface area contributed by atoms with E-state index in [2.05, 4.69) is 25.7 Å². The summed E-state index contributed by atoms with van der Waals surface area (Å²) in [6, 6.07) is 6.44. The lowest BCUT2D eigenvalue weighted by molar-refractivity contribution is -0.119. The van der Waals surface area contributed by atoms with Crippen LogP contribution in [0, 0.1) is 0 Å². The summed E-state index contributed by atoms with van der Waals surface area (Å²) in [4.78, 5) is 20.4. The summed E-state index contributed by atoms with van der Waals surface area (Å²) < 4.78 is 24.8. The Kier molecular flexibility index (Phi) is 4.27. The van der Waals surface area contributed by atoms with Crippen LogP contribution in [-0.2, 0) is 21.2 Å². The second-order valence-corrected chi connectivity index (χ2v) is 8.54. The molecule has 2 N–H and O–H groups in total. The monoisotopic (exact) mass is 386 g/mol. The molecule has 1 saturated heterocycles. The van der Waals surface area contributed by atoms with Gasteiger partial charge < -0.3 is 10.6 Å². The van der Waals surface area contributed by atoms with E-state index in [-0.39, 0.29) is 16.8 Å². The zero-order valence-electron chi connectivity index (χ0n) is 14.6. The van der Waals surface area contributed by atoms with Crippen LogP contribution in [0.15, 0.2) is 41.6 Å². The normalized spacial score (nSPS) is 17.2. The summed E-state index contributed by atoms with van der Waals surface area (Å²) >= 11 is 0. The second kappa shape index (κ2) is 6.62. The molecule has 9 nitrogen and oxygen atoms in total. The van der Waals surface area contributed by atoms with Gasteiger partial charge in [0.05, 0.1) is 23.0 Å². The average Bonchev–Trinajstić information content (AvgIpc) is 3.21. The van der Waals surface area contributed by atoms with Crippen molar-refractivity contribution in [3.05, 3.63) is 36.7 Å². The lowest BCUT2D eigenvalue weighted by atomic mass is 10.2. The molecule has 2 aromatic heterocycles. The minimum atomic E-state index is -3.24. The van der Waals surface area contributed by atoms with Crippen molar-refractivity contribution in [1.82, 2.24) is 25.1 Å². The smallest absolute Gasteiger partial charge is 0.229 e. The number of nitrogens with zero attached hydrogens (tertiary/aromatic N) is 4. The molecule has 0 saturated carbocycles. The topological polar surface area (TPSA) is 119 Å². The Morgan fingerprint density at radius 3 is 2.70 bits per heavy atom. The van der Waals surface area contributed by atoms with Crippen LogP contribution in [0.3, 0.4) is 0 Å². The molecule has 0 radical (unpaired) electrons. The molecule has 3 heterocycles. The van der Waals surface area contributed by atoms with Crippen LogP contribution in [0.1, 0.15) is 12.8 Å². The minimum absolute atomic E-state index is 0.0514. The van der Waals surface area contributed by atoms with E-state index in [1.54, 1.807) is 29.2 Å². The van der Waals surface area contributed by atoms with Crippen molar-refractivity contribution < 1.29 is 13.2 Å². The fraction of sp³-hybridized carbons (Fsp3) is 0.294. The van der Waals surface area contributed by atoms with Gasteiger partial charge >= 0.3 is 0 Å². The first-order valence-electron chi connectivity index (χ1n) is 8.43. The maximum Gasteiger partial charge on any atom is 0.229 e. The molecule has 0 bridgehead atoms. The predicted molar refractivity (Wildman–Crippen MR) is 99.3 cm³/mol. The quantitative estimate of drug-likeness (QED) is 0.677. The predicted octanol–water partition coefficient (Wildman–Crippen LogP) is 1.25. The van der Waals surface area contributed by atoms with E-state index in [9.17, 15) is 13.2 Å². The first-order valence-corrected chi connectivity index (χ1v) is 10.3. The largest absolute Gasteiger partial charge is 0.351 e. The van der Waals surface area contributed by atoms with E-state index in [1.165, 1.54) is 18.4 Å². The van der Waals surface area contributed by atoms with Crippen LogP contribution in [0.25, 0.3) is 11.0 Å². The Bertz CT molecular complexity index is 1110. The van der Waals surface area contributed by atoms with Gasteiger partial charge in [0.1, 0.15) is 0 Å². The number of rotatable bonds is 5. The highest BCUT2D eigenvalue weighted by Crippen LogP contribution is 2.19. The summed E-state index contributed by atoms with van der Waals surface area (Å²) in [6.45, 7) is 0.550. The average molecular weight is 386 g/mol. The van der Waals surface area contributed by atoms with Crippen LogP contribution >= 0.6 is 0 Å². The SMILES string of the molecule is CS(=O)(=O)c1ccc(Nc2ncc3cnn(C[C@@H]4CCC(=O)N4)c3n2)cc1. The number of anilines is 2. The molecule has 0 spiro atoms. The summed E-state index contributed by atoms with van der Waals surface area (Å²) in [7, 11) is -3.24. The van der Waals surface area contributed by atoms with Crippen LogP contribution in [0.4, 0.5) is 11.6 Å². The van der Waals surface area contributed by atoms with Crippen molar-refractivity contribution in [1.29, 1.82) is 0 Å². The van der Waals surface area contributed by atoms with Crippen LogP contribution in [-0.4, -0.2) is 46.4 Å². The van der Waals surface area contributed by atoms with Gasteiger partial charge in [-0.25, -0.2) is 18.1 Å². The Morgan fingerprint density at radius 1 is 1.26 bits per heavy atom. The van der Waals surface area contributed by atoms with Crippen molar-refractivity contribution in [2.75, 3.05) is 11.6 Å². The van der Waals surface area contributed by atoms with Gasteiger partial charge in [0.15, 0.2) is 15.5 Å². The maximum atomic E-state index is 11.5. The van der Waals surface area contributed by atoms with Gasteiger partial charge in [-0.1, -0.05) is 0 Å². The maximum absolute atomic E-state index is 11.5. The summed E-state index contributed by atoms with van der Waals surface area (Å²) in [5.74, 6) is 0.442. The zero-order valence-corrected chi connectivity index (χ0v) is 15.4. The third-order valence-corrected chi connectivity index (χ3v) is 5.52. The van der Waals surface area contributed by atoms with Gasteiger partial charge in [0.2, 0.25) is 11.9 Å². The Hall–Kier alpha value is -3.01. The van der Waals surface area contributed by atoms with E-state index in [0.29, 0.717) is 30.2 Å². The molecule has 0 aliphatic carbocycles. The Labute approximate surface area is 155 Å². The number of fused-ring (bicyclic) bond motifs is 1. The fourth-order valence-corrected chi connectivity index (χ4v) is 3.63. The highest BCUT2D eigenvalue weighted by molar-refractivity contribution is 7.90. The number of carbonyl (C=O) groups excluding carboxylic acids is 1. The molecule has 1 aliphatic rings. The third kappa shape index (κ3) is 3.75. The number of hydrogen-bond donors (Lipinski definition) is 2. The van der Waals surface area contributed by atoms with Gasteiger partial charge in [-0.05, 0) is 30.7 Å². The van der Waals surface area contributed by atoms with Gasteiger partial charge in [-0.3, -0.25) is 4.79 Å². The highest BCUT2D eigenvalue weighted by Gasteiger charge is 2.22. The lowest BCUT2D eigenvalue weighted by Gasteiger charge is -2.11. The molecule has 10 heteroatoms. The van der Waals surface area contributed by atoms with Crippen LogP contribution < -0.4 is 10.6 Å². The van der Waals surface area contributed by atoms with E-state index in [0.717, 1.165) is 11.8 Å². The third-order valence-electron chi connectivity index (χ3n) is 4.39. The van der Waals surface area contributed by atoms with Gasteiger partial charge in [0.25, 0.3) is 0 Å². The molecule has 1 fully saturated rings. The second-order valence-electron chi connectivity index (χ2n) is 6.52. The Balaban J connectivity index is 1.56. The van der Waals surface area contributed by atoms with Crippen molar-refractivity contribution in [2.45, 2.75) is 30.3 Å². The molecule has 0 unspecified atom stereocenters. The number of amides is 1. The highest BCUT2D eigenvalue weighted by atomic mass is 32.2. The molecule has 27 heavy (non-hydrogen) atoms. The summed E-state index contributed by atoms with van der Waals surface area (Å²) in [5, 5.41) is 11.1. The zero-order chi connectivity index (χ0) is 19.0. The van der Waals surface area contributed by atoms with Gasteiger partial charge in [-0.2, -0.15) is 10.1 Å². The van der Waals surface area contributed by atoms with E-state index < -0.39 is 9.84 Å². The Morgan fingerprint density at radius 2 is 2.04 bits per heavy atom. The molecule has 4 rings (SSSR count). The molecule has 1 atom stereocenters. The molecule has 1 aliphatic heterocycles. The van der Waals surface area contributed by atoms with E-state index >= 15 is 0 Å². The molecular weight excluding hydrogens is 368 g/mol. The van der Waals surface area contributed by atoms with E-state index in [1.807, 2.05) is 0 Å². The van der Waals surface area contributed by atoms with Crippen molar-refractivity contribution in [3.8, 4) is 0 Å². The van der Waals surface area contributed by atoms with E-state index in [4.69, 9.17) is 0 Å². The first-order chi connectivity index (χ1) is 12.9. The molecule has 1 aromatic carbocycles. The number of nitrogens with one attached hydrogen (secondary N) is 2. The number of benzene rings is 1. The number of sulfone groups is 1. The molecule has 3 aromatic rings. The van der Waals surface area contributed by atoms with Crippen LogP contribution in [0.2, 0.25) is 0 Å². The fourth-order valence-electron chi connectivity index (χ4n) is 3.00. The molecule has 1 amide bonds. The lowest BCUT2D eigenvalue weighted by Crippen LogP contribution is -2.30. The number of carbonyl (C=O) groups is 1. The first kappa shape index (κ1) is 17.4. The molecular formula is C17H18N6O3S.